The molecule has 3 aromatic carbocycles. The maximum absolute atomic E-state index is 12.5. The first-order valence-corrected chi connectivity index (χ1v) is 9.50. The van der Waals surface area contributed by atoms with Crippen LogP contribution in [-0.4, -0.2) is 18.9 Å². The number of anilines is 2. The Hall–Kier alpha value is -3.02. The summed E-state index contributed by atoms with van der Waals surface area (Å²) in [6.45, 7) is 0. The lowest BCUT2D eigenvalue weighted by Crippen LogP contribution is -2.15. The average Bonchev–Trinajstić information content (AvgIpc) is 2.71. The smallest absolute Gasteiger partial charge is 0.257 e. The van der Waals surface area contributed by atoms with Crippen molar-refractivity contribution in [3.05, 3.63) is 87.9 Å². The van der Waals surface area contributed by atoms with Crippen molar-refractivity contribution in [1.82, 2.24) is 0 Å². The third-order valence-corrected chi connectivity index (χ3v) is 4.71. The van der Waals surface area contributed by atoms with Gasteiger partial charge in [0, 0.05) is 16.8 Å². The van der Waals surface area contributed by atoms with Crippen LogP contribution in [0.3, 0.4) is 0 Å². The molecule has 0 aromatic heterocycles. The fourth-order valence-electron chi connectivity index (χ4n) is 2.70. The fourth-order valence-corrected chi connectivity index (χ4v) is 3.05. The van der Waals surface area contributed by atoms with Crippen LogP contribution in [0, 0.1) is 0 Å². The van der Waals surface area contributed by atoms with Crippen molar-refractivity contribution < 1.29 is 14.3 Å². The summed E-state index contributed by atoms with van der Waals surface area (Å²) < 4.78 is 5.35. The number of nitrogens with one attached hydrogen (secondary N) is 2. The summed E-state index contributed by atoms with van der Waals surface area (Å²) in [5.74, 6) is -0.120. The normalized spacial score (nSPS) is 10.3. The summed E-state index contributed by atoms with van der Waals surface area (Å²) in [7, 11) is 1.49. The van der Waals surface area contributed by atoms with Crippen LogP contribution in [0.25, 0.3) is 0 Å². The number of hydrogen-bond donors (Lipinski definition) is 2. The van der Waals surface area contributed by atoms with Gasteiger partial charge in [-0.3, -0.25) is 9.59 Å². The van der Waals surface area contributed by atoms with E-state index in [-0.39, 0.29) is 18.2 Å². The molecule has 0 aliphatic heterocycles. The van der Waals surface area contributed by atoms with Gasteiger partial charge in [0.2, 0.25) is 5.91 Å². The minimum Gasteiger partial charge on any atom is -0.494 e. The number of rotatable bonds is 6. The summed E-state index contributed by atoms with van der Waals surface area (Å²) in [5, 5.41) is 6.56. The van der Waals surface area contributed by atoms with Crippen LogP contribution in [0.1, 0.15) is 15.9 Å². The zero-order chi connectivity index (χ0) is 20.8. The Balaban J connectivity index is 1.69. The minimum absolute atomic E-state index is 0.178. The summed E-state index contributed by atoms with van der Waals surface area (Å²) in [6, 6.07) is 18.8. The largest absolute Gasteiger partial charge is 0.494 e. The van der Waals surface area contributed by atoms with Gasteiger partial charge in [-0.1, -0.05) is 47.5 Å². The number of hydrogen-bond acceptors (Lipinski definition) is 3. The molecule has 2 N–H and O–H groups in total. The number of halogens is 2. The molecule has 0 bridgehead atoms. The van der Waals surface area contributed by atoms with Crippen molar-refractivity contribution in [2.75, 3.05) is 17.7 Å². The van der Waals surface area contributed by atoms with Crippen molar-refractivity contribution >= 4 is 46.4 Å². The second-order valence-electron chi connectivity index (χ2n) is 6.20. The van der Waals surface area contributed by atoms with Crippen molar-refractivity contribution in [3.63, 3.8) is 0 Å². The molecule has 0 unspecified atom stereocenters. The number of benzene rings is 3. The van der Waals surface area contributed by atoms with Gasteiger partial charge in [0.05, 0.1) is 29.8 Å². The van der Waals surface area contributed by atoms with Gasteiger partial charge in [0.25, 0.3) is 5.91 Å². The molecule has 0 atom stereocenters. The molecule has 29 heavy (non-hydrogen) atoms. The van der Waals surface area contributed by atoms with E-state index in [1.165, 1.54) is 7.11 Å². The lowest BCUT2D eigenvalue weighted by atomic mass is 10.1. The lowest BCUT2D eigenvalue weighted by Gasteiger charge is -2.13. The van der Waals surface area contributed by atoms with E-state index in [2.05, 4.69) is 10.6 Å². The fraction of sp³-hybridized carbons (Fsp3) is 0.0909. The van der Waals surface area contributed by atoms with Crippen LogP contribution < -0.4 is 15.4 Å². The maximum Gasteiger partial charge on any atom is 0.257 e. The van der Waals surface area contributed by atoms with Crippen molar-refractivity contribution in [2.45, 2.75) is 6.42 Å². The molecule has 0 aliphatic rings. The second kappa shape index (κ2) is 9.45. The van der Waals surface area contributed by atoms with Crippen LogP contribution in [-0.2, 0) is 11.2 Å². The minimum atomic E-state index is -0.353. The monoisotopic (exact) mass is 428 g/mol. The molecule has 3 aromatic rings. The first-order valence-electron chi connectivity index (χ1n) is 8.74. The summed E-state index contributed by atoms with van der Waals surface area (Å²) in [6.07, 6.45) is 0.213. The van der Waals surface area contributed by atoms with Crippen molar-refractivity contribution in [2.24, 2.45) is 0 Å². The van der Waals surface area contributed by atoms with Gasteiger partial charge in [0.1, 0.15) is 5.75 Å². The van der Waals surface area contributed by atoms with E-state index in [9.17, 15) is 9.59 Å². The standard InChI is InChI=1S/C22H18Cl2N2O3/c1-29-20-13-16(25-21(27)12-14-6-8-15(23)9-7-14)10-11-19(20)26-22(28)17-4-2-3-5-18(17)24/h2-11,13H,12H2,1H3,(H,25,27)(H,26,28). The highest BCUT2D eigenvalue weighted by molar-refractivity contribution is 6.34. The Morgan fingerprint density at radius 1 is 0.931 bits per heavy atom. The third kappa shape index (κ3) is 5.50. The SMILES string of the molecule is COc1cc(NC(=O)Cc2ccc(Cl)cc2)ccc1NC(=O)c1ccccc1Cl. The van der Waals surface area contributed by atoms with E-state index in [1.54, 1.807) is 66.7 Å². The van der Waals surface area contributed by atoms with Gasteiger partial charge >= 0.3 is 0 Å². The number of carbonyl (C=O) groups excluding carboxylic acids is 2. The highest BCUT2D eigenvalue weighted by Crippen LogP contribution is 2.29. The Morgan fingerprint density at radius 2 is 1.66 bits per heavy atom. The molecule has 0 radical (unpaired) electrons. The lowest BCUT2D eigenvalue weighted by molar-refractivity contribution is -0.115. The highest BCUT2D eigenvalue weighted by Gasteiger charge is 2.14. The maximum atomic E-state index is 12.5. The molecule has 7 heteroatoms. The van der Waals surface area contributed by atoms with Crippen LogP contribution in [0.15, 0.2) is 66.7 Å². The van der Waals surface area contributed by atoms with Crippen LogP contribution in [0.5, 0.6) is 5.75 Å². The summed E-state index contributed by atoms with van der Waals surface area (Å²) >= 11 is 11.9. The Kier molecular flexibility index (Phi) is 6.75. The predicted molar refractivity (Wildman–Crippen MR) is 116 cm³/mol. The molecule has 0 saturated heterocycles. The van der Waals surface area contributed by atoms with Crippen LogP contribution in [0.2, 0.25) is 10.0 Å². The predicted octanol–water partition coefficient (Wildman–Crippen LogP) is 5.44. The van der Waals surface area contributed by atoms with Gasteiger partial charge in [-0.25, -0.2) is 0 Å². The van der Waals surface area contributed by atoms with E-state index in [1.807, 2.05) is 0 Å². The summed E-state index contributed by atoms with van der Waals surface area (Å²) in [4.78, 5) is 24.7. The number of methoxy groups -OCH3 is 1. The zero-order valence-corrected chi connectivity index (χ0v) is 17.1. The molecule has 0 spiro atoms. The molecule has 0 heterocycles. The Labute approximate surface area is 178 Å². The summed E-state index contributed by atoms with van der Waals surface area (Å²) in [5.41, 5.74) is 2.23. The van der Waals surface area contributed by atoms with E-state index < -0.39 is 0 Å². The van der Waals surface area contributed by atoms with Gasteiger partial charge < -0.3 is 15.4 Å². The van der Waals surface area contributed by atoms with Gasteiger partial charge in [-0.2, -0.15) is 0 Å². The number of amides is 2. The molecule has 0 aliphatic carbocycles. The van der Waals surface area contributed by atoms with E-state index in [0.29, 0.717) is 32.7 Å². The van der Waals surface area contributed by atoms with Gasteiger partial charge in [0.15, 0.2) is 0 Å². The molecule has 2 amide bonds. The molecular weight excluding hydrogens is 411 g/mol. The van der Waals surface area contributed by atoms with E-state index in [0.717, 1.165) is 5.56 Å². The number of carbonyl (C=O) groups is 2. The quantitative estimate of drug-likeness (QED) is 0.549. The van der Waals surface area contributed by atoms with Crippen LogP contribution >= 0.6 is 23.2 Å². The topological polar surface area (TPSA) is 67.4 Å². The molecule has 148 valence electrons. The molecule has 3 rings (SSSR count). The molecule has 0 saturated carbocycles. The number of ether oxygens (including phenoxy) is 1. The van der Waals surface area contributed by atoms with Crippen molar-refractivity contribution in [1.29, 1.82) is 0 Å². The molecule has 5 nitrogen and oxygen atoms in total. The van der Waals surface area contributed by atoms with E-state index in [4.69, 9.17) is 27.9 Å². The van der Waals surface area contributed by atoms with Crippen molar-refractivity contribution in [3.8, 4) is 5.75 Å². The van der Waals surface area contributed by atoms with Crippen LogP contribution in [0.4, 0.5) is 11.4 Å². The van der Waals surface area contributed by atoms with Gasteiger partial charge in [-0.05, 0) is 42.0 Å². The highest BCUT2D eigenvalue weighted by atomic mass is 35.5. The zero-order valence-electron chi connectivity index (χ0n) is 15.5. The molecular formula is C22H18Cl2N2O3. The first-order chi connectivity index (χ1) is 14.0. The van der Waals surface area contributed by atoms with Gasteiger partial charge in [-0.15, -0.1) is 0 Å². The Bertz CT molecular complexity index is 1040. The molecule has 0 fully saturated rings. The first kappa shape index (κ1) is 20.7. The van der Waals surface area contributed by atoms with E-state index >= 15 is 0 Å². The third-order valence-electron chi connectivity index (χ3n) is 4.13. The average molecular weight is 429 g/mol. The Morgan fingerprint density at radius 3 is 2.34 bits per heavy atom. The second-order valence-corrected chi connectivity index (χ2v) is 7.04.